The van der Waals surface area contributed by atoms with Gasteiger partial charge in [0.05, 0.1) is 17.5 Å². The van der Waals surface area contributed by atoms with Crippen LogP contribution in [0.5, 0.6) is 0 Å². The van der Waals surface area contributed by atoms with Crippen molar-refractivity contribution in [2.24, 2.45) is 0 Å². The van der Waals surface area contributed by atoms with Crippen LogP contribution in [0, 0.1) is 12.3 Å². The second-order valence-corrected chi connectivity index (χ2v) is 7.94. The quantitative estimate of drug-likeness (QED) is 0.814. The Bertz CT molecular complexity index is 625. The largest absolute Gasteiger partial charge is 0.387 e. The second kappa shape index (κ2) is 7.28. The summed E-state index contributed by atoms with van der Waals surface area (Å²) in [6.07, 6.45) is 10.6. The molecule has 1 aliphatic rings. The highest BCUT2D eigenvalue weighted by Gasteiger charge is 2.24. The first-order chi connectivity index (χ1) is 10.4. The van der Waals surface area contributed by atoms with E-state index in [1.54, 1.807) is 12.1 Å². The lowest BCUT2D eigenvalue weighted by Gasteiger charge is -2.29. The molecule has 0 heterocycles. The first kappa shape index (κ1) is 17.0. The molecule has 0 aliphatic heterocycles. The van der Waals surface area contributed by atoms with E-state index in [-0.39, 0.29) is 4.90 Å². The normalized spacial score (nSPS) is 17.5. The summed E-state index contributed by atoms with van der Waals surface area (Å²) in [6.45, 7) is 1.01. The summed E-state index contributed by atoms with van der Waals surface area (Å²) in [4.78, 5) is 2.42. The molecule has 1 atom stereocenters. The van der Waals surface area contributed by atoms with E-state index in [0.717, 1.165) is 12.8 Å². The van der Waals surface area contributed by atoms with Crippen LogP contribution in [0.25, 0.3) is 0 Å². The fourth-order valence-corrected chi connectivity index (χ4v) is 3.62. The fourth-order valence-electron chi connectivity index (χ4n) is 2.99. The number of rotatable bonds is 6. The van der Waals surface area contributed by atoms with Crippen molar-refractivity contribution >= 4 is 9.84 Å². The van der Waals surface area contributed by atoms with Crippen molar-refractivity contribution in [3.05, 3.63) is 29.8 Å². The number of hydrogen-bond acceptors (Lipinski definition) is 4. The zero-order chi connectivity index (χ0) is 16.2. The van der Waals surface area contributed by atoms with Crippen LogP contribution in [-0.4, -0.2) is 43.8 Å². The number of benzene rings is 1. The van der Waals surface area contributed by atoms with E-state index in [0.29, 0.717) is 24.7 Å². The molecule has 1 unspecified atom stereocenters. The van der Waals surface area contributed by atoms with E-state index in [4.69, 9.17) is 6.42 Å². The molecule has 0 radical (unpaired) electrons. The third kappa shape index (κ3) is 4.33. The predicted molar refractivity (Wildman–Crippen MR) is 87.2 cm³/mol. The monoisotopic (exact) mass is 321 g/mol. The Kier molecular flexibility index (Phi) is 5.63. The Morgan fingerprint density at radius 2 is 1.91 bits per heavy atom. The summed E-state index contributed by atoms with van der Waals surface area (Å²) < 4.78 is 22.9. The Balaban J connectivity index is 2.06. The summed E-state index contributed by atoms with van der Waals surface area (Å²) in [5.74, 6) is 2.67. The average Bonchev–Trinajstić information content (AvgIpc) is 3.00. The van der Waals surface area contributed by atoms with Gasteiger partial charge in [-0.2, -0.15) is 0 Å². The van der Waals surface area contributed by atoms with E-state index in [1.807, 2.05) is 0 Å². The molecule has 5 heteroatoms. The van der Waals surface area contributed by atoms with Crippen molar-refractivity contribution in [2.75, 3.05) is 19.3 Å². The third-order valence-corrected chi connectivity index (χ3v) is 5.36. The van der Waals surface area contributed by atoms with Crippen LogP contribution < -0.4 is 0 Å². The van der Waals surface area contributed by atoms with Crippen LogP contribution in [0.3, 0.4) is 0 Å². The van der Waals surface area contributed by atoms with Crippen molar-refractivity contribution in [2.45, 2.75) is 42.7 Å². The van der Waals surface area contributed by atoms with E-state index < -0.39 is 15.9 Å². The van der Waals surface area contributed by atoms with Gasteiger partial charge in [-0.3, -0.25) is 4.90 Å². The second-order valence-electron chi connectivity index (χ2n) is 5.93. The number of aliphatic hydroxyl groups excluding tert-OH is 1. The lowest BCUT2D eigenvalue weighted by Crippen LogP contribution is -2.37. The van der Waals surface area contributed by atoms with E-state index in [1.165, 1.54) is 31.2 Å². The van der Waals surface area contributed by atoms with Gasteiger partial charge in [0.2, 0.25) is 0 Å². The molecule has 0 bridgehead atoms. The predicted octanol–water partition coefficient (Wildman–Crippen LogP) is 2.00. The SMILES string of the molecule is C#CCN(CC(O)c1ccc(S(C)(=O)=O)cc1)C1CCCC1. The number of aliphatic hydroxyl groups is 1. The summed E-state index contributed by atoms with van der Waals surface area (Å²) in [5.41, 5.74) is 0.715. The van der Waals surface area contributed by atoms with Gasteiger partial charge in [0.25, 0.3) is 0 Å². The maximum atomic E-state index is 11.5. The highest BCUT2D eigenvalue weighted by Crippen LogP contribution is 2.25. The van der Waals surface area contributed by atoms with Gasteiger partial charge in [0.15, 0.2) is 9.84 Å². The van der Waals surface area contributed by atoms with Gasteiger partial charge < -0.3 is 5.11 Å². The van der Waals surface area contributed by atoms with E-state index in [2.05, 4.69) is 10.8 Å². The summed E-state index contributed by atoms with van der Waals surface area (Å²) >= 11 is 0. The number of terminal acetylenes is 1. The molecule has 4 nitrogen and oxygen atoms in total. The fraction of sp³-hybridized carbons (Fsp3) is 0.529. The van der Waals surface area contributed by atoms with Gasteiger partial charge in [-0.05, 0) is 30.5 Å². The minimum atomic E-state index is -3.21. The van der Waals surface area contributed by atoms with E-state index >= 15 is 0 Å². The average molecular weight is 321 g/mol. The third-order valence-electron chi connectivity index (χ3n) is 4.24. The van der Waals surface area contributed by atoms with E-state index in [9.17, 15) is 13.5 Å². The molecule has 22 heavy (non-hydrogen) atoms. The Labute approximate surface area is 133 Å². The zero-order valence-corrected chi connectivity index (χ0v) is 13.7. The van der Waals surface area contributed by atoms with Gasteiger partial charge in [0, 0.05) is 18.8 Å². The van der Waals surface area contributed by atoms with Crippen LogP contribution in [0.2, 0.25) is 0 Å². The van der Waals surface area contributed by atoms with Crippen LogP contribution >= 0.6 is 0 Å². The molecule has 0 spiro atoms. The molecular weight excluding hydrogens is 298 g/mol. The van der Waals surface area contributed by atoms with Crippen LogP contribution in [0.15, 0.2) is 29.2 Å². The topological polar surface area (TPSA) is 57.6 Å². The highest BCUT2D eigenvalue weighted by atomic mass is 32.2. The minimum absolute atomic E-state index is 0.264. The molecule has 0 amide bonds. The van der Waals surface area contributed by atoms with Crippen LogP contribution in [0.1, 0.15) is 37.4 Å². The van der Waals surface area contributed by atoms with Gasteiger partial charge in [-0.1, -0.05) is 30.9 Å². The Morgan fingerprint density at radius 3 is 2.41 bits per heavy atom. The van der Waals surface area contributed by atoms with Crippen LogP contribution in [0.4, 0.5) is 0 Å². The number of sulfone groups is 1. The lowest BCUT2D eigenvalue weighted by atomic mass is 10.1. The van der Waals surface area contributed by atoms with Crippen molar-refractivity contribution in [1.29, 1.82) is 0 Å². The number of hydrogen-bond donors (Lipinski definition) is 1. The maximum Gasteiger partial charge on any atom is 0.175 e. The minimum Gasteiger partial charge on any atom is -0.387 e. The summed E-state index contributed by atoms with van der Waals surface area (Å²) in [7, 11) is -3.21. The van der Waals surface area contributed by atoms with Gasteiger partial charge in [0.1, 0.15) is 0 Å². The lowest BCUT2D eigenvalue weighted by molar-refractivity contribution is 0.0970. The van der Waals surface area contributed by atoms with Crippen molar-refractivity contribution in [3.8, 4) is 12.3 Å². The number of nitrogens with zero attached hydrogens (tertiary/aromatic N) is 1. The molecular formula is C17H23NO3S. The van der Waals surface area contributed by atoms with Crippen molar-refractivity contribution in [1.82, 2.24) is 4.90 Å². The molecule has 1 aromatic carbocycles. The van der Waals surface area contributed by atoms with Crippen molar-refractivity contribution < 1.29 is 13.5 Å². The molecule has 1 saturated carbocycles. The molecule has 120 valence electrons. The molecule has 1 fully saturated rings. The maximum absolute atomic E-state index is 11.5. The van der Waals surface area contributed by atoms with Gasteiger partial charge >= 0.3 is 0 Å². The smallest absolute Gasteiger partial charge is 0.175 e. The molecule has 1 aromatic rings. The van der Waals surface area contributed by atoms with Crippen LogP contribution in [-0.2, 0) is 9.84 Å². The summed E-state index contributed by atoms with van der Waals surface area (Å²) in [5, 5.41) is 10.4. The molecule has 2 rings (SSSR count). The molecule has 1 N–H and O–H groups in total. The van der Waals surface area contributed by atoms with Gasteiger partial charge in [-0.15, -0.1) is 6.42 Å². The molecule has 0 saturated heterocycles. The molecule has 1 aliphatic carbocycles. The highest BCUT2D eigenvalue weighted by molar-refractivity contribution is 7.90. The Hall–Kier alpha value is -1.35. The zero-order valence-electron chi connectivity index (χ0n) is 12.9. The standard InChI is InChI=1S/C17H23NO3S/c1-3-12-18(15-6-4-5-7-15)13-17(19)14-8-10-16(11-9-14)22(2,20)21/h1,8-11,15,17,19H,4-7,12-13H2,2H3. The summed E-state index contributed by atoms with van der Waals surface area (Å²) in [6, 6.07) is 6.86. The first-order valence-corrected chi connectivity index (χ1v) is 9.46. The first-order valence-electron chi connectivity index (χ1n) is 7.57. The Morgan fingerprint density at radius 1 is 1.32 bits per heavy atom. The molecule has 0 aromatic heterocycles. The van der Waals surface area contributed by atoms with Crippen molar-refractivity contribution in [3.63, 3.8) is 0 Å². The van der Waals surface area contributed by atoms with Gasteiger partial charge in [-0.25, -0.2) is 8.42 Å².